The second-order valence-electron chi connectivity index (χ2n) is 2.96. The zero-order valence-corrected chi connectivity index (χ0v) is 7.32. The van der Waals surface area contributed by atoms with Crippen molar-refractivity contribution in [1.29, 1.82) is 0 Å². The predicted molar refractivity (Wildman–Crippen MR) is 39.6 cm³/mol. The van der Waals surface area contributed by atoms with E-state index in [0.29, 0.717) is 0 Å². The quantitative estimate of drug-likeness (QED) is 0.535. The lowest BCUT2D eigenvalue weighted by Crippen LogP contribution is -2.25. The molecule has 0 aliphatic rings. The van der Waals surface area contributed by atoms with E-state index in [-0.39, 0.29) is 0 Å². The van der Waals surface area contributed by atoms with Crippen molar-refractivity contribution in [2.45, 2.75) is 33.0 Å². The van der Waals surface area contributed by atoms with Gasteiger partial charge in [0.25, 0.3) is 0 Å². The number of hydrogen-bond acceptors (Lipinski definition) is 1. The molecule has 0 rings (SSSR count). The average Bonchev–Trinajstić information content (AvgIpc) is 1.59. The number of hydrogen-bond donors (Lipinski definition) is 0. The van der Waals surface area contributed by atoms with Crippen LogP contribution in [0.25, 0.3) is 0 Å². The monoisotopic (exact) mass is 132 g/mol. The lowest BCUT2D eigenvalue weighted by atomic mass is 10.5. The summed E-state index contributed by atoms with van der Waals surface area (Å²) in [6, 6.07) is 0. The Kier molecular flexibility index (Phi) is 3.32. The Bertz CT molecular complexity index is 56.0. The van der Waals surface area contributed by atoms with Gasteiger partial charge in [0, 0.05) is 6.61 Å². The molecular formula is C6H16OSi. The third kappa shape index (κ3) is 6.18. The molecule has 0 spiro atoms. The summed E-state index contributed by atoms with van der Waals surface area (Å²) in [5, 5.41) is 0. The molecule has 0 atom stereocenters. The van der Waals surface area contributed by atoms with E-state index >= 15 is 0 Å². The predicted octanol–water partition coefficient (Wildman–Crippen LogP) is 2.25. The van der Waals surface area contributed by atoms with Gasteiger partial charge in [0.2, 0.25) is 0 Å². The van der Waals surface area contributed by atoms with E-state index in [9.17, 15) is 0 Å². The molecular weight excluding hydrogens is 116 g/mol. The largest absolute Gasteiger partial charge is 0.418 e. The maximum absolute atomic E-state index is 5.52. The topological polar surface area (TPSA) is 9.23 Å². The molecule has 0 aliphatic heterocycles. The van der Waals surface area contributed by atoms with Gasteiger partial charge in [-0.05, 0) is 26.1 Å². The van der Waals surface area contributed by atoms with Crippen LogP contribution in [0.1, 0.15) is 13.3 Å². The van der Waals surface area contributed by atoms with E-state index in [1.165, 1.54) is 0 Å². The van der Waals surface area contributed by atoms with E-state index in [1.54, 1.807) is 0 Å². The van der Waals surface area contributed by atoms with E-state index in [4.69, 9.17) is 4.43 Å². The molecule has 0 saturated heterocycles. The molecule has 50 valence electrons. The molecule has 0 aromatic rings. The molecule has 0 aromatic carbocycles. The Morgan fingerprint density at radius 1 is 1.25 bits per heavy atom. The highest BCUT2D eigenvalue weighted by Crippen LogP contribution is 2.01. The van der Waals surface area contributed by atoms with Crippen LogP contribution in [0.2, 0.25) is 19.6 Å². The molecule has 0 radical (unpaired) electrons. The molecule has 0 fully saturated rings. The Labute approximate surface area is 53.2 Å². The molecule has 0 bridgehead atoms. The summed E-state index contributed by atoms with van der Waals surface area (Å²) in [6.45, 7) is 9.71. The van der Waals surface area contributed by atoms with E-state index < -0.39 is 8.32 Å². The van der Waals surface area contributed by atoms with Gasteiger partial charge in [0.1, 0.15) is 0 Å². The Balaban J connectivity index is 3.11. The van der Waals surface area contributed by atoms with Gasteiger partial charge in [-0.3, -0.25) is 0 Å². The van der Waals surface area contributed by atoms with Crippen LogP contribution >= 0.6 is 0 Å². The molecule has 1 nitrogen and oxygen atoms in total. The van der Waals surface area contributed by atoms with E-state index in [1.807, 2.05) is 0 Å². The van der Waals surface area contributed by atoms with Gasteiger partial charge < -0.3 is 4.43 Å². The van der Waals surface area contributed by atoms with Gasteiger partial charge in [0.15, 0.2) is 8.32 Å². The molecule has 0 saturated carbocycles. The van der Waals surface area contributed by atoms with Gasteiger partial charge in [0.05, 0.1) is 0 Å². The summed E-state index contributed by atoms with van der Waals surface area (Å²) < 4.78 is 5.52. The van der Waals surface area contributed by atoms with Crippen LogP contribution in [0, 0.1) is 0 Å². The fourth-order valence-corrected chi connectivity index (χ4v) is 1.22. The molecule has 0 amide bonds. The smallest absolute Gasteiger partial charge is 0.183 e. The fourth-order valence-electron chi connectivity index (χ4n) is 0.408. The third-order valence-corrected chi connectivity index (χ3v) is 1.81. The molecule has 2 heteroatoms. The highest BCUT2D eigenvalue weighted by atomic mass is 28.4. The van der Waals surface area contributed by atoms with E-state index in [2.05, 4.69) is 26.6 Å². The van der Waals surface area contributed by atoms with Crippen molar-refractivity contribution in [3.05, 3.63) is 0 Å². The van der Waals surface area contributed by atoms with Gasteiger partial charge in [-0.1, -0.05) is 6.92 Å². The van der Waals surface area contributed by atoms with Crippen molar-refractivity contribution < 1.29 is 4.43 Å². The second kappa shape index (κ2) is 3.25. The summed E-state index contributed by atoms with van der Waals surface area (Å²) >= 11 is 0. The molecule has 8 heavy (non-hydrogen) atoms. The molecule has 0 aliphatic carbocycles. The van der Waals surface area contributed by atoms with Crippen molar-refractivity contribution in [1.82, 2.24) is 0 Å². The minimum Gasteiger partial charge on any atom is -0.418 e. The van der Waals surface area contributed by atoms with Gasteiger partial charge >= 0.3 is 0 Å². The van der Waals surface area contributed by atoms with Gasteiger partial charge in [-0.15, -0.1) is 0 Å². The average molecular weight is 132 g/mol. The molecule has 0 unspecified atom stereocenters. The zero-order chi connectivity index (χ0) is 6.62. The van der Waals surface area contributed by atoms with Crippen molar-refractivity contribution in [3.63, 3.8) is 0 Å². The minimum absolute atomic E-state index is 0.940. The highest BCUT2D eigenvalue weighted by molar-refractivity contribution is 6.69. The Morgan fingerprint density at radius 3 is 1.88 bits per heavy atom. The fraction of sp³-hybridized carbons (Fsp3) is 1.00. The summed E-state index contributed by atoms with van der Waals surface area (Å²) in [5.74, 6) is 0. The lowest BCUT2D eigenvalue weighted by Gasteiger charge is -2.15. The SMILES string of the molecule is CCCO[Si](C)(C)C. The van der Waals surface area contributed by atoms with Crippen molar-refractivity contribution in [2.75, 3.05) is 6.61 Å². The summed E-state index contributed by atoms with van der Waals surface area (Å²) in [5.41, 5.74) is 0. The maximum Gasteiger partial charge on any atom is 0.183 e. The zero-order valence-electron chi connectivity index (χ0n) is 6.32. The van der Waals surface area contributed by atoms with Crippen LogP contribution in [-0.4, -0.2) is 14.9 Å². The second-order valence-corrected chi connectivity index (χ2v) is 7.47. The first-order valence-electron chi connectivity index (χ1n) is 3.20. The molecule has 0 heterocycles. The summed E-state index contributed by atoms with van der Waals surface area (Å²) in [4.78, 5) is 0. The van der Waals surface area contributed by atoms with Crippen LogP contribution in [0.15, 0.2) is 0 Å². The Morgan fingerprint density at radius 2 is 1.75 bits per heavy atom. The van der Waals surface area contributed by atoms with Crippen LogP contribution in [-0.2, 0) is 4.43 Å². The van der Waals surface area contributed by atoms with Crippen molar-refractivity contribution >= 4 is 8.32 Å². The Hall–Kier alpha value is 0.177. The molecule has 0 N–H and O–H groups in total. The first-order valence-corrected chi connectivity index (χ1v) is 6.61. The van der Waals surface area contributed by atoms with Crippen LogP contribution in [0.3, 0.4) is 0 Å². The number of rotatable bonds is 3. The first-order chi connectivity index (χ1) is 3.56. The minimum atomic E-state index is -1.18. The molecule has 0 aromatic heterocycles. The van der Waals surface area contributed by atoms with Crippen LogP contribution in [0.4, 0.5) is 0 Å². The van der Waals surface area contributed by atoms with Crippen molar-refractivity contribution in [2.24, 2.45) is 0 Å². The van der Waals surface area contributed by atoms with Gasteiger partial charge in [-0.25, -0.2) is 0 Å². The maximum atomic E-state index is 5.52. The third-order valence-electron chi connectivity index (χ3n) is 0.739. The lowest BCUT2D eigenvalue weighted by molar-refractivity contribution is 0.311. The standard InChI is InChI=1S/C6H16OSi/c1-5-6-7-8(2,3)4/h5-6H2,1-4H3. The first kappa shape index (κ1) is 8.18. The summed E-state index contributed by atoms with van der Waals surface area (Å²) in [7, 11) is -1.18. The highest BCUT2D eigenvalue weighted by Gasteiger charge is 2.12. The van der Waals surface area contributed by atoms with Crippen LogP contribution < -0.4 is 0 Å². The summed E-state index contributed by atoms with van der Waals surface area (Å²) in [6.07, 6.45) is 1.14. The normalized spacial score (nSPS) is 12.0. The van der Waals surface area contributed by atoms with Crippen molar-refractivity contribution in [3.8, 4) is 0 Å². The van der Waals surface area contributed by atoms with E-state index in [0.717, 1.165) is 13.0 Å². The van der Waals surface area contributed by atoms with Crippen LogP contribution in [0.5, 0.6) is 0 Å². The van der Waals surface area contributed by atoms with Gasteiger partial charge in [-0.2, -0.15) is 0 Å².